The van der Waals surface area contributed by atoms with E-state index in [9.17, 15) is 0 Å². The molecule has 1 heterocycles. The first kappa shape index (κ1) is 11.5. The van der Waals surface area contributed by atoms with Crippen LogP contribution in [0.5, 0.6) is 0 Å². The molecule has 0 aliphatic carbocycles. The van der Waals surface area contributed by atoms with Crippen molar-refractivity contribution in [2.45, 2.75) is 12.4 Å². The zero-order valence-electron chi connectivity index (χ0n) is 9.17. The molecule has 0 atom stereocenters. The molecule has 0 bridgehead atoms. The van der Waals surface area contributed by atoms with Crippen LogP contribution >= 0.6 is 0 Å². The second kappa shape index (κ2) is 5.96. The topological polar surface area (TPSA) is 53.7 Å². The predicted octanol–water partition coefficient (Wildman–Crippen LogP) is 1.08. The van der Waals surface area contributed by atoms with Crippen molar-refractivity contribution >= 4 is 0 Å². The summed E-state index contributed by atoms with van der Waals surface area (Å²) in [6.45, 7) is 2.19. The molecule has 0 radical (unpaired) electrons. The van der Waals surface area contributed by atoms with Crippen molar-refractivity contribution in [1.82, 2.24) is 0 Å². The van der Waals surface area contributed by atoms with E-state index in [1.54, 1.807) is 0 Å². The largest absolute Gasteiger partial charge is 0.372 e. The lowest BCUT2D eigenvalue weighted by atomic mass is 10.2. The summed E-state index contributed by atoms with van der Waals surface area (Å²) in [5.41, 5.74) is 6.40. The van der Waals surface area contributed by atoms with Crippen LogP contribution in [-0.4, -0.2) is 32.5 Å². The molecule has 1 aromatic rings. The van der Waals surface area contributed by atoms with Crippen LogP contribution in [0, 0.1) is 0 Å². The highest BCUT2D eigenvalue weighted by Crippen LogP contribution is 2.23. The Hall–Kier alpha value is -0.940. The van der Waals surface area contributed by atoms with E-state index in [4.69, 9.17) is 19.9 Å². The van der Waals surface area contributed by atoms with Crippen molar-refractivity contribution in [3.8, 4) is 0 Å². The van der Waals surface area contributed by atoms with Crippen molar-refractivity contribution in [3.63, 3.8) is 0 Å². The van der Waals surface area contributed by atoms with Gasteiger partial charge in [-0.25, -0.2) is 0 Å². The van der Waals surface area contributed by atoms with Gasteiger partial charge in [0, 0.05) is 12.1 Å². The molecule has 0 aromatic heterocycles. The number of ether oxygens (including phenoxy) is 3. The standard InChI is InChI=1S/C12H17NO3/c13-6-7-14-11-8-15-12(16-9-11)10-4-2-1-3-5-10/h1-5,11-12H,6-9,13H2. The second-order valence-electron chi connectivity index (χ2n) is 3.69. The summed E-state index contributed by atoms with van der Waals surface area (Å²) in [5.74, 6) is 0. The normalized spacial score (nSPS) is 25.6. The molecule has 16 heavy (non-hydrogen) atoms. The third-order valence-corrected chi connectivity index (χ3v) is 2.41. The molecule has 1 saturated heterocycles. The Kier molecular flexibility index (Phi) is 4.30. The lowest BCUT2D eigenvalue weighted by molar-refractivity contribution is -0.230. The van der Waals surface area contributed by atoms with Gasteiger partial charge in [-0.1, -0.05) is 30.3 Å². The zero-order valence-corrected chi connectivity index (χ0v) is 9.17. The van der Waals surface area contributed by atoms with Gasteiger partial charge in [-0.05, 0) is 0 Å². The minimum atomic E-state index is -0.265. The monoisotopic (exact) mass is 223 g/mol. The van der Waals surface area contributed by atoms with Gasteiger partial charge in [0.2, 0.25) is 0 Å². The zero-order chi connectivity index (χ0) is 11.2. The van der Waals surface area contributed by atoms with Crippen LogP contribution in [0.15, 0.2) is 30.3 Å². The third kappa shape index (κ3) is 3.02. The van der Waals surface area contributed by atoms with Crippen LogP contribution in [0.4, 0.5) is 0 Å². The van der Waals surface area contributed by atoms with Gasteiger partial charge in [0.1, 0.15) is 6.10 Å². The molecule has 0 unspecified atom stereocenters. The average molecular weight is 223 g/mol. The highest BCUT2D eigenvalue weighted by Gasteiger charge is 2.23. The first-order valence-corrected chi connectivity index (χ1v) is 5.50. The number of rotatable bonds is 4. The molecule has 4 heteroatoms. The van der Waals surface area contributed by atoms with Gasteiger partial charge in [0.05, 0.1) is 19.8 Å². The molecule has 0 spiro atoms. The fourth-order valence-corrected chi connectivity index (χ4v) is 1.62. The highest BCUT2D eigenvalue weighted by atomic mass is 16.7. The van der Waals surface area contributed by atoms with Gasteiger partial charge in [0.25, 0.3) is 0 Å². The smallest absolute Gasteiger partial charge is 0.184 e. The van der Waals surface area contributed by atoms with Gasteiger partial charge < -0.3 is 19.9 Å². The van der Waals surface area contributed by atoms with Gasteiger partial charge >= 0.3 is 0 Å². The predicted molar refractivity (Wildman–Crippen MR) is 59.9 cm³/mol. The van der Waals surface area contributed by atoms with E-state index in [1.807, 2.05) is 30.3 Å². The van der Waals surface area contributed by atoms with Crippen LogP contribution in [0.3, 0.4) is 0 Å². The van der Waals surface area contributed by atoms with E-state index in [1.165, 1.54) is 0 Å². The Balaban J connectivity index is 1.81. The second-order valence-corrected chi connectivity index (χ2v) is 3.69. The SMILES string of the molecule is NCCOC1COC(c2ccccc2)OC1. The minimum absolute atomic E-state index is 0.00325. The molecule has 1 aromatic carbocycles. The molecule has 1 aliphatic heterocycles. The fourth-order valence-electron chi connectivity index (χ4n) is 1.62. The summed E-state index contributed by atoms with van der Waals surface area (Å²) in [5, 5.41) is 0. The highest BCUT2D eigenvalue weighted by molar-refractivity contribution is 5.16. The van der Waals surface area contributed by atoms with Crippen molar-refractivity contribution in [1.29, 1.82) is 0 Å². The van der Waals surface area contributed by atoms with Crippen LogP contribution in [0.25, 0.3) is 0 Å². The van der Waals surface area contributed by atoms with Crippen LogP contribution in [-0.2, 0) is 14.2 Å². The molecule has 4 nitrogen and oxygen atoms in total. The molecular formula is C12H17NO3. The Labute approximate surface area is 95.3 Å². The minimum Gasteiger partial charge on any atom is -0.372 e. The molecule has 0 amide bonds. The summed E-state index contributed by atoms with van der Waals surface area (Å²) in [6.07, 6.45) is -0.262. The van der Waals surface area contributed by atoms with Crippen molar-refractivity contribution in [2.75, 3.05) is 26.4 Å². The fraction of sp³-hybridized carbons (Fsp3) is 0.500. The van der Waals surface area contributed by atoms with E-state index in [2.05, 4.69) is 0 Å². The third-order valence-electron chi connectivity index (χ3n) is 2.41. The Morgan fingerprint density at radius 3 is 2.50 bits per heavy atom. The number of hydrogen-bond donors (Lipinski definition) is 1. The lowest BCUT2D eigenvalue weighted by Crippen LogP contribution is -2.34. The Morgan fingerprint density at radius 1 is 1.19 bits per heavy atom. The number of benzene rings is 1. The average Bonchev–Trinajstić information content (AvgIpc) is 2.38. The van der Waals surface area contributed by atoms with Crippen molar-refractivity contribution in [2.24, 2.45) is 5.73 Å². The quantitative estimate of drug-likeness (QED) is 0.829. The van der Waals surface area contributed by atoms with Crippen molar-refractivity contribution < 1.29 is 14.2 Å². The first-order valence-electron chi connectivity index (χ1n) is 5.50. The van der Waals surface area contributed by atoms with E-state index >= 15 is 0 Å². The Bertz CT molecular complexity index is 296. The molecule has 2 rings (SSSR count). The molecule has 0 saturated carbocycles. The van der Waals surface area contributed by atoms with E-state index in [0.29, 0.717) is 26.4 Å². The Morgan fingerprint density at radius 2 is 1.88 bits per heavy atom. The van der Waals surface area contributed by atoms with Gasteiger partial charge in [0.15, 0.2) is 6.29 Å². The maximum atomic E-state index is 5.59. The number of hydrogen-bond acceptors (Lipinski definition) is 4. The molecule has 1 aliphatic rings. The first-order chi connectivity index (χ1) is 7.90. The number of nitrogens with two attached hydrogens (primary N) is 1. The molecule has 1 fully saturated rings. The van der Waals surface area contributed by atoms with E-state index in [-0.39, 0.29) is 12.4 Å². The maximum Gasteiger partial charge on any atom is 0.184 e. The lowest BCUT2D eigenvalue weighted by Gasteiger charge is -2.29. The summed E-state index contributed by atoms with van der Waals surface area (Å²) in [4.78, 5) is 0. The van der Waals surface area contributed by atoms with E-state index in [0.717, 1.165) is 5.56 Å². The summed E-state index contributed by atoms with van der Waals surface area (Å²) in [7, 11) is 0. The molecular weight excluding hydrogens is 206 g/mol. The molecule has 88 valence electrons. The van der Waals surface area contributed by atoms with Gasteiger partial charge in [-0.15, -0.1) is 0 Å². The summed E-state index contributed by atoms with van der Waals surface area (Å²) >= 11 is 0. The van der Waals surface area contributed by atoms with Crippen LogP contribution in [0.1, 0.15) is 11.9 Å². The summed E-state index contributed by atoms with van der Waals surface area (Å²) < 4.78 is 16.6. The summed E-state index contributed by atoms with van der Waals surface area (Å²) in [6, 6.07) is 9.90. The van der Waals surface area contributed by atoms with Crippen LogP contribution in [0.2, 0.25) is 0 Å². The molecule has 2 N–H and O–H groups in total. The van der Waals surface area contributed by atoms with Crippen molar-refractivity contribution in [3.05, 3.63) is 35.9 Å². The van der Waals surface area contributed by atoms with Gasteiger partial charge in [-0.2, -0.15) is 0 Å². The van der Waals surface area contributed by atoms with E-state index < -0.39 is 0 Å². The van der Waals surface area contributed by atoms with Crippen LogP contribution < -0.4 is 5.73 Å². The maximum absolute atomic E-state index is 5.59. The van der Waals surface area contributed by atoms with Gasteiger partial charge in [-0.3, -0.25) is 0 Å².